The fraction of sp³-hybridized carbons (Fsp3) is 0.500. The third-order valence-electron chi connectivity index (χ3n) is 5.30. The number of amides is 2. The van der Waals surface area contributed by atoms with E-state index < -0.39 is 12.1 Å². The fourth-order valence-electron chi connectivity index (χ4n) is 3.43. The molecule has 2 amide bonds. The maximum absolute atomic E-state index is 13.2. The Balaban J connectivity index is 2.02. The highest BCUT2D eigenvalue weighted by Gasteiger charge is 2.27. The van der Waals surface area contributed by atoms with Gasteiger partial charge in [0.1, 0.15) is 17.6 Å². The maximum atomic E-state index is 13.2. The molecule has 0 saturated heterocycles. The van der Waals surface area contributed by atoms with Gasteiger partial charge in [0.2, 0.25) is 5.91 Å². The molecule has 1 aromatic heterocycles. The molecule has 1 aromatic carbocycles. The van der Waals surface area contributed by atoms with Crippen LogP contribution >= 0.6 is 11.8 Å². The Labute approximate surface area is 206 Å². The fourth-order valence-corrected chi connectivity index (χ4v) is 4.30. The Morgan fingerprint density at radius 2 is 1.79 bits per heavy atom. The van der Waals surface area contributed by atoms with Gasteiger partial charge in [-0.25, -0.2) is 0 Å². The van der Waals surface area contributed by atoms with Crippen molar-refractivity contribution in [3.05, 3.63) is 54.0 Å². The van der Waals surface area contributed by atoms with Crippen molar-refractivity contribution in [2.45, 2.75) is 64.3 Å². The van der Waals surface area contributed by atoms with E-state index in [0.717, 1.165) is 18.6 Å². The molecule has 0 spiro atoms. The minimum absolute atomic E-state index is 0.0249. The van der Waals surface area contributed by atoms with Crippen LogP contribution in [0, 0.1) is 5.92 Å². The summed E-state index contributed by atoms with van der Waals surface area (Å²) in [4.78, 5) is 38.8. The van der Waals surface area contributed by atoms with Crippen molar-refractivity contribution in [1.82, 2.24) is 10.6 Å². The molecule has 7 nitrogen and oxygen atoms in total. The summed E-state index contributed by atoms with van der Waals surface area (Å²) in [7, 11) is 1.56. The average Bonchev–Trinajstić information content (AvgIpc) is 3.34. The molecule has 0 aliphatic carbocycles. The summed E-state index contributed by atoms with van der Waals surface area (Å²) in [6.07, 6.45) is 4.39. The number of furan rings is 1. The number of hydrogen-bond donors (Lipinski definition) is 2. The van der Waals surface area contributed by atoms with Gasteiger partial charge in [-0.2, -0.15) is 0 Å². The number of unbranched alkanes of at least 4 members (excludes halogenated alkanes) is 1. The van der Waals surface area contributed by atoms with Crippen LogP contribution in [-0.4, -0.2) is 42.5 Å². The Morgan fingerprint density at radius 3 is 2.38 bits per heavy atom. The highest BCUT2D eigenvalue weighted by Crippen LogP contribution is 2.16. The van der Waals surface area contributed by atoms with Crippen molar-refractivity contribution in [2.24, 2.45) is 5.92 Å². The van der Waals surface area contributed by atoms with Gasteiger partial charge in [0, 0.05) is 5.56 Å². The number of ether oxygens (including phenoxy) is 1. The normalized spacial score (nSPS) is 12.7. The Bertz CT molecular complexity index is 896. The van der Waals surface area contributed by atoms with Crippen LogP contribution in [0.15, 0.2) is 47.1 Å². The van der Waals surface area contributed by atoms with Crippen LogP contribution < -0.4 is 15.4 Å². The molecule has 2 rings (SSSR count). The summed E-state index contributed by atoms with van der Waals surface area (Å²) in [5.41, 5.74) is 0.440. The van der Waals surface area contributed by atoms with Crippen molar-refractivity contribution in [1.29, 1.82) is 0 Å². The highest BCUT2D eigenvalue weighted by atomic mass is 32.2. The minimum atomic E-state index is -0.734. The number of rotatable bonds is 15. The molecule has 0 aliphatic rings. The molecule has 2 aromatic rings. The lowest BCUT2D eigenvalue weighted by molar-refractivity contribution is -0.128. The molecular weight excluding hydrogens is 452 g/mol. The van der Waals surface area contributed by atoms with Gasteiger partial charge in [0.25, 0.3) is 5.91 Å². The summed E-state index contributed by atoms with van der Waals surface area (Å²) in [5.74, 6) is 1.82. The first-order valence-corrected chi connectivity index (χ1v) is 12.9. The van der Waals surface area contributed by atoms with Crippen molar-refractivity contribution in [3.63, 3.8) is 0 Å². The molecule has 0 radical (unpaired) electrons. The molecule has 2 N–H and O–H groups in total. The number of hydrogen-bond acceptors (Lipinski definition) is 6. The van der Waals surface area contributed by atoms with E-state index in [0.29, 0.717) is 29.9 Å². The van der Waals surface area contributed by atoms with Gasteiger partial charge in [0.15, 0.2) is 5.78 Å². The van der Waals surface area contributed by atoms with Crippen LogP contribution in [0.25, 0.3) is 0 Å². The van der Waals surface area contributed by atoms with Gasteiger partial charge < -0.3 is 19.8 Å². The van der Waals surface area contributed by atoms with Crippen molar-refractivity contribution in [2.75, 3.05) is 12.9 Å². The number of ketones is 1. The van der Waals surface area contributed by atoms with Crippen LogP contribution in [0.1, 0.15) is 62.6 Å². The Kier molecular flexibility index (Phi) is 11.7. The van der Waals surface area contributed by atoms with Gasteiger partial charge in [-0.05, 0) is 55.2 Å². The largest absolute Gasteiger partial charge is 0.497 e. The molecule has 0 unspecified atom stereocenters. The molecule has 8 heteroatoms. The quantitative estimate of drug-likeness (QED) is 0.380. The van der Waals surface area contributed by atoms with Gasteiger partial charge in [-0.15, -0.1) is 11.8 Å². The van der Waals surface area contributed by atoms with E-state index in [9.17, 15) is 14.4 Å². The zero-order valence-corrected chi connectivity index (χ0v) is 21.3. The van der Waals surface area contributed by atoms with E-state index in [1.807, 2.05) is 32.9 Å². The van der Waals surface area contributed by atoms with E-state index in [2.05, 4.69) is 10.6 Å². The van der Waals surface area contributed by atoms with Gasteiger partial charge >= 0.3 is 0 Å². The molecule has 1 heterocycles. The molecule has 186 valence electrons. The predicted molar refractivity (Wildman–Crippen MR) is 135 cm³/mol. The topological polar surface area (TPSA) is 97.6 Å². The monoisotopic (exact) mass is 488 g/mol. The van der Waals surface area contributed by atoms with Crippen LogP contribution in [0.4, 0.5) is 0 Å². The van der Waals surface area contributed by atoms with E-state index >= 15 is 0 Å². The second kappa shape index (κ2) is 14.5. The van der Waals surface area contributed by atoms with E-state index in [4.69, 9.17) is 9.15 Å². The Morgan fingerprint density at radius 1 is 1.06 bits per heavy atom. The molecular formula is C26H36N2O5S. The summed E-state index contributed by atoms with van der Waals surface area (Å²) < 4.78 is 10.4. The summed E-state index contributed by atoms with van der Waals surface area (Å²) >= 11 is 1.46. The number of carbonyl (C=O) groups excluding carboxylic acids is 3. The van der Waals surface area contributed by atoms with Crippen LogP contribution in [0.2, 0.25) is 0 Å². The third-order valence-corrected chi connectivity index (χ3v) is 6.28. The third kappa shape index (κ3) is 9.25. The van der Waals surface area contributed by atoms with Gasteiger partial charge in [-0.3, -0.25) is 14.4 Å². The number of nitrogens with one attached hydrogen (secondary N) is 2. The zero-order chi connectivity index (χ0) is 24.9. The smallest absolute Gasteiger partial charge is 0.251 e. The lowest BCUT2D eigenvalue weighted by Crippen LogP contribution is -2.52. The lowest BCUT2D eigenvalue weighted by atomic mass is 10.0. The molecule has 0 aliphatic heterocycles. The van der Waals surface area contributed by atoms with Crippen molar-refractivity contribution in [3.8, 4) is 5.75 Å². The molecule has 2 atom stereocenters. The molecule has 0 fully saturated rings. The molecule has 34 heavy (non-hydrogen) atoms. The van der Waals surface area contributed by atoms with Crippen LogP contribution in [0.5, 0.6) is 5.75 Å². The standard InChI is InChI=1S/C26H36N2O5S/c1-5-6-9-22(24(29)17-34-16-21-8-7-14-33-21)27-26(31)23(15-18(2)3)28-25(30)19-10-12-20(32-4)13-11-19/h7-8,10-14,18,22-23H,5-6,9,15-17H2,1-4H3,(H,27,31)(H,28,30)/t22-,23-/m0/s1. The van der Waals surface area contributed by atoms with E-state index in [-0.39, 0.29) is 29.3 Å². The van der Waals surface area contributed by atoms with E-state index in [1.165, 1.54) is 11.8 Å². The molecule has 0 saturated carbocycles. The van der Waals surface area contributed by atoms with Crippen molar-refractivity contribution < 1.29 is 23.5 Å². The highest BCUT2D eigenvalue weighted by molar-refractivity contribution is 7.99. The SMILES string of the molecule is CCCC[C@H](NC(=O)[C@H](CC(C)C)NC(=O)c1ccc(OC)cc1)C(=O)CSCc1ccco1. The summed E-state index contributed by atoms with van der Waals surface area (Å²) in [6.45, 7) is 6.03. The Hall–Kier alpha value is -2.74. The minimum Gasteiger partial charge on any atom is -0.497 e. The zero-order valence-electron chi connectivity index (χ0n) is 20.5. The van der Waals surface area contributed by atoms with Crippen LogP contribution in [-0.2, 0) is 15.3 Å². The first-order valence-electron chi connectivity index (χ1n) is 11.7. The average molecular weight is 489 g/mol. The first kappa shape index (κ1) is 27.5. The first-order chi connectivity index (χ1) is 16.3. The second-order valence-corrected chi connectivity index (χ2v) is 9.61. The number of thioether (sulfide) groups is 1. The summed E-state index contributed by atoms with van der Waals surface area (Å²) in [5, 5.41) is 5.76. The van der Waals surface area contributed by atoms with Crippen LogP contribution in [0.3, 0.4) is 0 Å². The maximum Gasteiger partial charge on any atom is 0.251 e. The van der Waals surface area contributed by atoms with Gasteiger partial charge in [0.05, 0.1) is 30.9 Å². The van der Waals surface area contributed by atoms with E-state index in [1.54, 1.807) is 37.6 Å². The number of Topliss-reactive ketones (excluding diaryl/α,β-unsaturated/α-hetero) is 1. The lowest BCUT2D eigenvalue weighted by Gasteiger charge is -2.24. The molecule has 0 bridgehead atoms. The predicted octanol–water partition coefficient (Wildman–Crippen LogP) is 4.61. The van der Waals surface area contributed by atoms with Gasteiger partial charge in [-0.1, -0.05) is 33.6 Å². The number of carbonyl (C=O) groups is 3. The van der Waals surface area contributed by atoms with Crippen molar-refractivity contribution >= 4 is 29.4 Å². The number of benzene rings is 1. The second-order valence-electron chi connectivity index (χ2n) is 8.63. The number of methoxy groups -OCH3 is 1. The summed E-state index contributed by atoms with van der Waals surface area (Å²) in [6, 6.07) is 9.09.